The van der Waals surface area contributed by atoms with E-state index in [0.29, 0.717) is 36.9 Å². The van der Waals surface area contributed by atoms with E-state index < -0.39 is 0 Å². The monoisotopic (exact) mass is 341 g/mol. The second-order valence-electron chi connectivity index (χ2n) is 5.32. The first-order valence-corrected chi connectivity index (χ1v) is 7.88. The second-order valence-corrected chi connectivity index (χ2v) is 5.68. The van der Waals surface area contributed by atoms with E-state index in [1.165, 1.54) is 12.1 Å². The molecule has 1 aromatic carbocycles. The predicted octanol–water partition coefficient (Wildman–Crippen LogP) is 2.15. The van der Waals surface area contributed by atoms with Crippen LogP contribution in [0.1, 0.15) is 17.7 Å². The van der Waals surface area contributed by atoms with Gasteiger partial charge in [0.15, 0.2) is 0 Å². The van der Waals surface area contributed by atoms with Crippen LogP contribution in [0.2, 0.25) is 5.15 Å². The second kappa shape index (κ2) is 8.40. The molecule has 1 heterocycles. The Labute approximate surface area is 139 Å². The quantitative estimate of drug-likeness (QED) is 0.772. The summed E-state index contributed by atoms with van der Waals surface area (Å²) in [6, 6.07) is 5.96. The summed E-state index contributed by atoms with van der Waals surface area (Å²) >= 11 is 6.45. The van der Waals surface area contributed by atoms with Gasteiger partial charge in [-0.1, -0.05) is 11.6 Å². The van der Waals surface area contributed by atoms with Crippen molar-refractivity contribution >= 4 is 11.6 Å². The molecule has 2 rings (SSSR count). The fourth-order valence-corrected chi connectivity index (χ4v) is 2.73. The molecule has 0 fully saturated rings. The van der Waals surface area contributed by atoms with Crippen molar-refractivity contribution in [3.8, 4) is 5.69 Å². The highest BCUT2D eigenvalue weighted by Crippen LogP contribution is 2.25. The average molecular weight is 342 g/mol. The molecule has 126 valence electrons. The highest BCUT2D eigenvalue weighted by Gasteiger charge is 2.17. The molecular weight excluding hydrogens is 321 g/mol. The number of hydrogen-bond donors (Lipinski definition) is 2. The fraction of sp³-hybridized carbons (Fsp3) is 0.438. The first kappa shape index (κ1) is 17.9. The number of nitrogens with zero attached hydrogens (tertiary/aromatic N) is 3. The van der Waals surface area contributed by atoms with Crippen LogP contribution in [0.25, 0.3) is 5.69 Å². The van der Waals surface area contributed by atoms with E-state index in [9.17, 15) is 4.39 Å². The van der Waals surface area contributed by atoms with Crippen LogP contribution < -0.4 is 0 Å². The van der Waals surface area contributed by atoms with Crippen molar-refractivity contribution in [1.29, 1.82) is 0 Å². The van der Waals surface area contributed by atoms with Crippen LogP contribution in [-0.4, -0.2) is 51.2 Å². The summed E-state index contributed by atoms with van der Waals surface area (Å²) < 4.78 is 14.6. The number of aryl methyl sites for hydroxylation is 1. The molecule has 0 aliphatic carbocycles. The maximum absolute atomic E-state index is 13.0. The zero-order valence-electron chi connectivity index (χ0n) is 13.0. The van der Waals surface area contributed by atoms with Crippen LogP contribution in [0.5, 0.6) is 0 Å². The molecule has 0 unspecified atom stereocenters. The Bertz CT molecular complexity index is 631. The van der Waals surface area contributed by atoms with Gasteiger partial charge in [-0.25, -0.2) is 9.07 Å². The SMILES string of the molecule is Cc1nn(-c2ccc(F)cc2)c(Cl)c1CN(CCO)CCCO. The molecule has 0 amide bonds. The van der Waals surface area contributed by atoms with Crippen molar-refractivity contribution in [2.45, 2.75) is 19.9 Å². The largest absolute Gasteiger partial charge is 0.396 e. The van der Waals surface area contributed by atoms with Gasteiger partial charge in [0.05, 0.1) is 18.0 Å². The average Bonchev–Trinajstić information content (AvgIpc) is 2.81. The van der Waals surface area contributed by atoms with Crippen LogP contribution in [0.15, 0.2) is 24.3 Å². The topological polar surface area (TPSA) is 61.5 Å². The number of aromatic nitrogens is 2. The van der Waals surface area contributed by atoms with Gasteiger partial charge in [0.2, 0.25) is 0 Å². The summed E-state index contributed by atoms with van der Waals surface area (Å²) in [5.74, 6) is -0.313. The molecule has 0 aliphatic rings. The molecule has 0 aliphatic heterocycles. The summed E-state index contributed by atoms with van der Waals surface area (Å²) in [7, 11) is 0. The Kier molecular flexibility index (Phi) is 6.53. The molecule has 7 heteroatoms. The smallest absolute Gasteiger partial charge is 0.137 e. The van der Waals surface area contributed by atoms with Crippen molar-refractivity contribution in [1.82, 2.24) is 14.7 Å². The lowest BCUT2D eigenvalue weighted by Gasteiger charge is -2.20. The number of aliphatic hydroxyl groups is 2. The van der Waals surface area contributed by atoms with Crippen molar-refractivity contribution in [3.63, 3.8) is 0 Å². The minimum Gasteiger partial charge on any atom is -0.396 e. The third kappa shape index (κ3) is 4.51. The normalized spacial score (nSPS) is 11.4. The highest BCUT2D eigenvalue weighted by atomic mass is 35.5. The van der Waals surface area contributed by atoms with E-state index in [2.05, 4.69) is 5.10 Å². The lowest BCUT2D eigenvalue weighted by atomic mass is 10.2. The standard InChI is InChI=1S/C16H21ClFN3O2/c1-12-15(11-20(8-10-23)7-2-9-22)16(17)21(19-12)14-5-3-13(18)4-6-14/h3-6,22-23H,2,7-11H2,1H3. The first-order chi connectivity index (χ1) is 11.1. The summed E-state index contributed by atoms with van der Waals surface area (Å²) in [5.41, 5.74) is 2.34. The van der Waals surface area contributed by atoms with E-state index in [1.807, 2.05) is 11.8 Å². The fourth-order valence-electron chi connectivity index (χ4n) is 2.39. The van der Waals surface area contributed by atoms with E-state index in [0.717, 1.165) is 11.3 Å². The zero-order valence-corrected chi connectivity index (χ0v) is 13.8. The summed E-state index contributed by atoms with van der Waals surface area (Å²) in [5, 5.41) is 23.0. The third-order valence-electron chi connectivity index (χ3n) is 3.62. The van der Waals surface area contributed by atoms with E-state index in [4.69, 9.17) is 21.8 Å². The van der Waals surface area contributed by atoms with Crippen LogP contribution in [-0.2, 0) is 6.54 Å². The molecular formula is C16H21ClFN3O2. The maximum atomic E-state index is 13.0. The van der Waals surface area contributed by atoms with Gasteiger partial charge in [0, 0.05) is 31.8 Å². The highest BCUT2D eigenvalue weighted by molar-refractivity contribution is 6.30. The number of benzene rings is 1. The molecule has 0 spiro atoms. The number of rotatable bonds is 8. The third-order valence-corrected chi connectivity index (χ3v) is 4.01. The molecule has 2 aromatic rings. The summed E-state index contributed by atoms with van der Waals surface area (Å²) in [4.78, 5) is 2.01. The van der Waals surface area contributed by atoms with Gasteiger partial charge in [-0.2, -0.15) is 5.10 Å². The van der Waals surface area contributed by atoms with Gasteiger partial charge in [0.25, 0.3) is 0 Å². The Morgan fingerprint density at radius 1 is 1.17 bits per heavy atom. The molecule has 0 saturated carbocycles. The molecule has 23 heavy (non-hydrogen) atoms. The van der Waals surface area contributed by atoms with E-state index in [-0.39, 0.29) is 19.0 Å². The van der Waals surface area contributed by atoms with Gasteiger partial charge in [0.1, 0.15) is 11.0 Å². The number of hydrogen-bond acceptors (Lipinski definition) is 4. The Balaban J connectivity index is 2.24. The van der Waals surface area contributed by atoms with Crippen LogP contribution in [0.3, 0.4) is 0 Å². The minimum atomic E-state index is -0.313. The molecule has 1 aromatic heterocycles. The van der Waals surface area contributed by atoms with Gasteiger partial charge in [-0.3, -0.25) is 4.90 Å². The molecule has 0 bridgehead atoms. The zero-order chi connectivity index (χ0) is 16.8. The predicted molar refractivity (Wildman–Crippen MR) is 87.3 cm³/mol. The van der Waals surface area contributed by atoms with Crippen LogP contribution in [0, 0.1) is 12.7 Å². The molecule has 0 saturated heterocycles. The Morgan fingerprint density at radius 2 is 1.87 bits per heavy atom. The first-order valence-electron chi connectivity index (χ1n) is 7.50. The van der Waals surface area contributed by atoms with Crippen molar-refractivity contribution in [3.05, 3.63) is 46.5 Å². The number of halogens is 2. The lowest BCUT2D eigenvalue weighted by molar-refractivity contribution is 0.174. The summed E-state index contributed by atoms with van der Waals surface area (Å²) in [6.07, 6.45) is 0.628. The van der Waals surface area contributed by atoms with Gasteiger partial charge in [-0.15, -0.1) is 0 Å². The number of aliphatic hydroxyl groups excluding tert-OH is 2. The maximum Gasteiger partial charge on any atom is 0.137 e. The van der Waals surface area contributed by atoms with Crippen molar-refractivity contribution in [2.24, 2.45) is 0 Å². The van der Waals surface area contributed by atoms with E-state index >= 15 is 0 Å². The van der Waals surface area contributed by atoms with Gasteiger partial charge in [-0.05, 0) is 37.6 Å². The molecule has 0 atom stereocenters. The van der Waals surface area contributed by atoms with Gasteiger partial charge < -0.3 is 10.2 Å². The lowest BCUT2D eigenvalue weighted by Crippen LogP contribution is -2.28. The minimum absolute atomic E-state index is 0.0359. The summed E-state index contributed by atoms with van der Waals surface area (Å²) in [6.45, 7) is 3.69. The van der Waals surface area contributed by atoms with Crippen LogP contribution >= 0.6 is 11.6 Å². The van der Waals surface area contributed by atoms with Crippen LogP contribution in [0.4, 0.5) is 4.39 Å². The Morgan fingerprint density at radius 3 is 2.48 bits per heavy atom. The molecule has 0 radical (unpaired) electrons. The Hall–Kier alpha value is -1.47. The van der Waals surface area contributed by atoms with E-state index in [1.54, 1.807) is 16.8 Å². The van der Waals surface area contributed by atoms with Gasteiger partial charge >= 0.3 is 0 Å². The molecule has 5 nitrogen and oxygen atoms in total. The molecule has 2 N–H and O–H groups in total. The van der Waals surface area contributed by atoms with Crippen molar-refractivity contribution < 1.29 is 14.6 Å². The van der Waals surface area contributed by atoms with Crippen molar-refractivity contribution in [2.75, 3.05) is 26.3 Å².